The van der Waals surface area contributed by atoms with E-state index in [1.807, 2.05) is 38.1 Å². The van der Waals surface area contributed by atoms with Crippen LogP contribution in [-0.4, -0.2) is 12.5 Å². The second kappa shape index (κ2) is 6.10. The molecule has 0 heterocycles. The molecule has 0 radical (unpaired) electrons. The zero-order valence-electron chi connectivity index (χ0n) is 11.6. The van der Waals surface area contributed by atoms with Gasteiger partial charge in [-0.1, -0.05) is 12.1 Å². The summed E-state index contributed by atoms with van der Waals surface area (Å²) in [6.45, 7) is 4.33. The Morgan fingerprint density at radius 3 is 2.70 bits per heavy atom. The number of ether oxygens (including phenoxy) is 1. The Morgan fingerprint density at radius 1 is 1.25 bits per heavy atom. The van der Waals surface area contributed by atoms with Crippen LogP contribution in [0.5, 0.6) is 5.75 Å². The molecule has 20 heavy (non-hydrogen) atoms. The molecule has 0 atom stereocenters. The average molecular weight is 270 g/mol. The summed E-state index contributed by atoms with van der Waals surface area (Å²) in [5.74, 6) is 0.482. The Kier molecular flexibility index (Phi) is 4.25. The van der Waals surface area contributed by atoms with Crippen molar-refractivity contribution in [1.29, 1.82) is 0 Å². The minimum Gasteiger partial charge on any atom is -0.492 e. The smallest absolute Gasteiger partial charge is 0.255 e. The summed E-state index contributed by atoms with van der Waals surface area (Å²) in [7, 11) is 0. The summed E-state index contributed by atoms with van der Waals surface area (Å²) in [4.78, 5) is 12.2. The largest absolute Gasteiger partial charge is 0.492 e. The monoisotopic (exact) mass is 270 g/mol. The van der Waals surface area contributed by atoms with E-state index in [2.05, 4.69) is 5.32 Å². The molecule has 0 aromatic heterocycles. The van der Waals surface area contributed by atoms with Crippen molar-refractivity contribution in [3.63, 3.8) is 0 Å². The molecule has 2 rings (SSSR count). The summed E-state index contributed by atoms with van der Waals surface area (Å²) in [6, 6.07) is 12.6. The lowest BCUT2D eigenvalue weighted by Gasteiger charge is -2.11. The minimum absolute atomic E-state index is 0.180. The van der Waals surface area contributed by atoms with Gasteiger partial charge in [0.1, 0.15) is 5.75 Å². The van der Waals surface area contributed by atoms with Crippen LogP contribution in [-0.2, 0) is 0 Å². The third-order valence-electron chi connectivity index (χ3n) is 2.97. The predicted octanol–water partition coefficient (Wildman–Crippen LogP) is 3.23. The van der Waals surface area contributed by atoms with E-state index >= 15 is 0 Å². The fraction of sp³-hybridized carbons (Fsp3) is 0.188. The van der Waals surface area contributed by atoms with Gasteiger partial charge in [-0.2, -0.15) is 0 Å². The molecule has 3 N–H and O–H groups in total. The Labute approximate surface area is 118 Å². The van der Waals surface area contributed by atoms with Gasteiger partial charge < -0.3 is 15.8 Å². The maximum atomic E-state index is 12.2. The number of amides is 1. The Bertz CT molecular complexity index is 624. The number of anilines is 2. The number of para-hydroxylation sites is 2. The quantitative estimate of drug-likeness (QED) is 0.838. The van der Waals surface area contributed by atoms with Gasteiger partial charge >= 0.3 is 0 Å². The normalized spacial score (nSPS) is 10.1. The highest BCUT2D eigenvalue weighted by Gasteiger charge is 2.10. The van der Waals surface area contributed by atoms with Crippen LogP contribution >= 0.6 is 0 Å². The van der Waals surface area contributed by atoms with Gasteiger partial charge in [0.25, 0.3) is 5.91 Å². The van der Waals surface area contributed by atoms with Crippen LogP contribution in [0.15, 0.2) is 42.5 Å². The lowest BCUT2D eigenvalue weighted by atomic mass is 10.1. The Balaban J connectivity index is 2.21. The fourth-order valence-electron chi connectivity index (χ4n) is 1.86. The van der Waals surface area contributed by atoms with E-state index in [1.54, 1.807) is 18.2 Å². The first-order chi connectivity index (χ1) is 9.61. The zero-order valence-corrected chi connectivity index (χ0v) is 11.6. The van der Waals surface area contributed by atoms with Crippen molar-refractivity contribution in [3.8, 4) is 5.75 Å². The molecule has 0 saturated carbocycles. The summed E-state index contributed by atoms with van der Waals surface area (Å²) in [5.41, 5.74) is 8.55. The van der Waals surface area contributed by atoms with Crippen molar-refractivity contribution in [3.05, 3.63) is 53.6 Å². The Hall–Kier alpha value is -2.49. The van der Waals surface area contributed by atoms with Crippen molar-refractivity contribution in [2.75, 3.05) is 17.7 Å². The van der Waals surface area contributed by atoms with Crippen LogP contribution in [0.4, 0.5) is 11.4 Å². The van der Waals surface area contributed by atoms with Gasteiger partial charge in [-0.15, -0.1) is 0 Å². The highest BCUT2D eigenvalue weighted by molar-refractivity contribution is 6.05. The van der Waals surface area contributed by atoms with Gasteiger partial charge in [0, 0.05) is 11.3 Å². The lowest BCUT2D eigenvalue weighted by Crippen LogP contribution is -2.13. The number of nitrogen functional groups attached to an aromatic ring is 1. The minimum atomic E-state index is -0.180. The number of aryl methyl sites for hydroxylation is 1. The van der Waals surface area contributed by atoms with E-state index < -0.39 is 0 Å². The van der Waals surface area contributed by atoms with Gasteiger partial charge in [-0.05, 0) is 49.7 Å². The number of benzene rings is 2. The number of hydrogen-bond donors (Lipinski definition) is 2. The van der Waals surface area contributed by atoms with Crippen molar-refractivity contribution in [2.24, 2.45) is 0 Å². The summed E-state index contributed by atoms with van der Waals surface area (Å²) in [5, 5.41) is 2.85. The van der Waals surface area contributed by atoms with E-state index in [0.717, 1.165) is 5.56 Å². The molecule has 0 bridgehead atoms. The van der Waals surface area contributed by atoms with E-state index in [0.29, 0.717) is 29.3 Å². The molecule has 0 spiro atoms. The predicted molar refractivity (Wildman–Crippen MR) is 81.2 cm³/mol. The van der Waals surface area contributed by atoms with Crippen LogP contribution in [0.3, 0.4) is 0 Å². The molecule has 2 aromatic carbocycles. The molecule has 0 saturated heterocycles. The van der Waals surface area contributed by atoms with Crippen LogP contribution in [0, 0.1) is 6.92 Å². The van der Waals surface area contributed by atoms with E-state index in [9.17, 15) is 4.79 Å². The number of carbonyl (C=O) groups excluding carboxylic acids is 1. The maximum absolute atomic E-state index is 12.2. The van der Waals surface area contributed by atoms with Crippen LogP contribution in [0.1, 0.15) is 22.8 Å². The van der Waals surface area contributed by atoms with Gasteiger partial charge in [-0.3, -0.25) is 4.79 Å². The van der Waals surface area contributed by atoms with Crippen molar-refractivity contribution < 1.29 is 9.53 Å². The molecule has 2 aromatic rings. The van der Waals surface area contributed by atoms with Crippen LogP contribution in [0.2, 0.25) is 0 Å². The highest BCUT2D eigenvalue weighted by atomic mass is 16.5. The second-order valence-electron chi connectivity index (χ2n) is 4.45. The first kappa shape index (κ1) is 13.9. The molecular weight excluding hydrogens is 252 g/mol. The molecule has 0 fully saturated rings. The topological polar surface area (TPSA) is 64.3 Å². The molecular formula is C16H18N2O2. The van der Waals surface area contributed by atoms with Crippen LogP contribution < -0.4 is 15.8 Å². The number of rotatable bonds is 4. The number of nitrogens with one attached hydrogen (secondary N) is 1. The van der Waals surface area contributed by atoms with Gasteiger partial charge in [-0.25, -0.2) is 0 Å². The third-order valence-corrected chi connectivity index (χ3v) is 2.97. The van der Waals surface area contributed by atoms with Crippen LogP contribution in [0.25, 0.3) is 0 Å². The molecule has 0 aliphatic rings. The molecule has 0 unspecified atom stereocenters. The maximum Gasteiger partial charge on any atom is 0.255 e. The molecule has 4 heteroatoms. The lowest BCUT2D eigenvalue weighted by molar-refractivity contribution is 0.102. The van der Waals surface area contributed by atoms with Crippen molar-refractivity contribution in [2.45, 2.75) is 13.8 Å². The highest BCUT2D eigenvalue weighted by Crippen LogP contribution is 2.24. The SMILES string of the molecule is CCOc1ccccc1NC(=O)c1ccc(N)c(C)c1. The molecule has 1 amide bonds. The summed E-state index contributed by atoms with van der Waals surface area (Å²) in [6.07, 6.45) is 0. The van der Waals surface area contributed by atoms with E-state index in [4.69, 9.17) is 10.5 Å². The number of hydrogen-bond acceptors (Lipinski definition) is 3. The van der Waals surface area contributed by atoms with E-state index in [-0.39, 0.29) is 5.91 Å². The zero-order chi connectivity index (χ0) is 14.5. The standard InChI is InChI=1S/C16H18N2O2/c1-3-20-15-7-5-4-6-14(15)18-16(19)12-8-9-13(17)11(2)10-12/h4-10H,3,17H2,1-2H3,(H,18,19). The first-order valence-electron chi connectivity index (χ1n) is 6.51. The van der Waals surface area contributed by atoms with E-state index in [1.165, 1.54) is 0 Å². The second-order valence-corrected chi connectivity index (χ2v) is 4.45. The number of carbonyl (C=O) groups is 1. The van der Waals surface area contributed by atoms with Gasteiger partial charge in [0.05, 0.1) is 12.3 Å². The number of nitrogens with two attached hydrogens (primary N) is 1. The summed E-state index contributed by atoms with van der Waals surface area (Å²) < 4.78 is 5.48. The third kappa shape index (κ3) is 3.09. The molecule has 104 valence electrons. The summed E-state index contributed by atoms with van der Waals surface area (Å²) >= 11 is 0. The average Bonchev–Trinajstić information content (AvgIpc) is 2.44. The molecule has 4 nitrogen and oxygen atoms in total. The van der Waals surface area contributed by atoms with Gasteiger partial charge in [0.2, 0.25) is 0 Å². The molecule has 0 aliphatic heterocycles. The first-order valence-corrected chi connectivity index (χ1v) is 6.51. The Morgan fingerprint density at radius 2 is 2.00 bits per heavy atom. The van der Waals surface area contributed by atoms with Gasteiger partial charge in [0.15, 0.2) is 0 Å². The van der Waals surface area contributed by atoms with Crippen molar-refractivity contribution >= 4 is 17.3 Å². The molecule has 0 aliphatic carbocycles. The van der Waals surface area contributed by atoms with Crippen molar-refractivity contribution in [1.82, 2.24) is 0 Å². The fourth-order valence-corrected chi connectivity index (χ4v) is 1.86.